The summed E-state index contributed by atoms with van der Waals surface area (Å²) in [4.78, 5) is 17.3. The lowest BCUT2D eigenvalue weighted by molar-refractivity contribution is -0.143. The molecule has 2 atom stereocenters. The van der Waals surface area contributed by atoms with Gasteiger partial charge in [-0.15, -0.1) is 0 Å². The van der Waals surface area contributed by atoms with Crippen molar-refractivity contribution in [2.75, 3.05) is 6.54 Å². The minimum absolute atomic E-state index is 0.0415. The Labute approximate surface area is 96.9 Å². The van der Waals surface area contributed by atoms with Gasteiger partial charge in [-0.05, 0) is 38.1 Å². The van der Waals surface area contributed by atoms with Crippen molar-refractivity contribution in [3.63, 3.8) is 0 Å². The summed E-state index contributed by atoms with van der Waals surface area (Å²) >= 11 is 0. The van der Waals surface area contributed by atoms with Crippen molar-refractivity contribution >= 4 is 5.91 Å². The Balaban J connectivity index is 1.74. The quantitative estimate of drug-likeness (QED) is 0.711. The molecule has 2 rings (SSSR count). The molecule has 0 heterocycles. The molecule has 2 aliphatic carbocycles. The van der Waals surface area contributed by atoms with Crippen molar-refractivity contribution in [1.29, 1.82) is 0 Å². The molecule has 0 saturated heterocycles. The summed E-state index contributed by atoms with van der Waals surface area (Å²) in [5.41, 5.74) is 8.30. The van der Waals surface area contributed by atoms with E-state index in [1.54, 1.807) is 0 Å². The molecule has 0 aliphatic heterocycles. The molecular weight excluding hydrogens is 204 g/mol. The van der Waals surface area contributed by atoms with Gasteiger partial charge >= 0.3 is 0 Å². The van der Waals surface area contributed by atoms with Gasteiger partial charge in [0.1, 0.15) is 0 Å². The van der Waals surface area contributed by atoms with Gasteiger partial charge in [0.05, 0.1) is 6.10 Å². The van der Waals surface area contributed by atoms with E-state index in [0.29, 0.717) is 12.5 Å². The zero-order chi connectivity index (χ0) is 11.4. The van der Waals surface area contributed by atoms with Crippen molar-refractivity contribution in [3.05, 3.63) is 0 Å². The van der Waals surface area contributed by atoms with Crippen molar-refractivity contribution in [1.82, 2.24) is 5.48 Å². The van der Waals surface area contributed by atoms with Gasteiger partial charge < -0.3 is 5.73 Å². The van der Waals surface area contributed by atoms with Crippen LogP contribution in [0.2, 0.25) is 0 Å². The first kappa shape index (κ1) is 11.9. The van der Waals surface area contributed by atoms with E-state index < -0.39 is 0 Å². The third-order valence-electron chi connectivity index (χ3n) is 3.93. The molecule has 2 saturated carbocycles. The normalized spacial score (nSPS) is 30.8. The van der Waals surface area contributed by atoms with Crippen LogP contribution in [0.1, 0.15) is 44.9 Å². The van der Waals surface area contributed by atoms with Gasteiger partial charge in [-0.2, -0.15) is 0 Å². The summed E-state index contributed by atoms with van der Waals surface area (Å²) in [6.45, 7) is 0.613. The summed E-state index contributed by atoms with van der Waals surface area (Å²) in [5, 5.41) is 0. The first-order valence-corrected chi connectivity index (χ1v) is 6.47. The van der Waals surface area contributed by atoms with E-state index >= 15 is 0 Å². The van der Waals surface area contributed by atoms with E-state index in [0.717, 1.165) is 32.1 Å². The van der Waals surface area contributed by atoms with E-state index in [1.807, 2.05) is 0 Å². The fraction of sp³-hybridized carbons (Fsp3) is 0.917. The smallest absolute Gasteiger partial charge is 0.246 e. The maximum absolute atomic E-state index is 11.9. The van der Waals surface area contributed by atoms with Crippen LogP contribution in [0, 0.1) is 11.8 Å². The Morgan fingerprint density at radius 1 is 1.19 bits per heavy atom. The van der Waals surface area contributed by atoms with Crippen LogP contribution in [-0.2, 0) is 9.63 Å². The second kappa shape index (κ2) is 5.64. The SMILES string of the molecule is NCC1CCCC1C(=O)NOC1CCCC1. The monoisotopic (exact) mass is 226 g/mol. The minimum Gasteiger partial charge on any atom is -0.330 e. The number of carbonyl (C=O) groups is 1. The molecule has 0 radical (unpaired) electrons. The van der Waals surface area contributed by atoms with E-state index in [2.05, 4.69) is 5.48 Å². The number of nitrogens with two attached hydrogens (primary N) is 1. The van der Waals surface area contributed by atoms with Gasteiger partial charge in [-0.3, -0.25) is 9.63 Å². The molecule has 0 aromatic rings. The molecule has 3 N–H and O–H groups in total. The third kappa shape index (κ3) is 2.74. The molecule has 0 spiro atoms. The maximum Gasteiger partial charge on any atom is 0.246 e. The second-order valence-corrected chi connectivity index (χ2v) is 5.02. The Kier molecular flexibility index (Phi) is 4.18. The van der Waals surface area contributed by atoms with Crippen LogP contribution in [0.5, 0.6) is 0 Å². The van der Waals surface area contributed by atoms with Crippen molar-refractivity contribution in [2.24, 2.45) is 17.6 Å². The summed E-state index contributed by atoms with van der Waals surface area (Å²) in [6.07, 6.45) is 7.98. The summed E-state index contributed by atoms with van der Waals surface area (Å²) in [7, 11) is 0. The highest BCUT2D eigenvalue weighted by molar-refractivity contribution is 5.78. The molecule has 2 fully saturated rings. The third-order valence-corrected chi connectivity index (χ3v) is 3.93. The van der Waals surface area contributed by atoms with Crippen LogP contribution in [0.3, 0.4) is 0 Å². The van der Waals surface area contributed by atoms with Gasteiger partial charge in [0.25, 0.3) is 0 Å². The Bertz CT molecular complexity index is 239. The summed E-state index contributed by atoms with van der Waals surface area (Å²) in [5.74, 6) is 0.471. The first-order chi connectivity index (χ1) is 7.81. The van der Waals surface area contributed by atoms with Gasteiger partial charge in [0, 0.05) is 5.92 Å². The Hall–Kier alpha value is -0.610. The Morgan fingerprint density at radius 3 is 2.62 bits per heavy atom. The van der Waals surface area contributed by atoms with Crippen LogP contribution in [0.4, 0.5) is 0 Å². The predicted octanol–water partition coefficient (Wildman–Crippen LogP) is 1.35. The summed E-state index contributed by atoms with van der Waals surface area (Å²) in [6, 6.07) is 0. The molecule has 0 aromatic carbocycles. The van der Waals surface area contributed by atoms with Gasteiger partial charge in [0.15, 0.2) is 0 Å². The first-order valence-electron chi connectivity index (χ1n) is 6.47. The lowest BCUT2D eigenvalue weighted by Crippen LogP contribution is -2.36. The fourth-order valence-electron chi connectivity index (χ4n) is 2.89. The molecular formula is C12H22N2O2. The largest absolute Gasteiger partial charge is 0.330 e. The fourth-order valence-corrected chi connectivity index (χ4v) is 2.89. The van der Waals surface area contributed by atoms with Gasteiger partial charge in [0.2, 0.25) is 5.91 Å². The van der Waals surface area contributed by atoms with Crippen molar-refractivity contribution in [3.8, 4) is 0 Å². The molecule has 92 valence electrons. The zero-order valence-corrected chi connectivity index (χ0v) is 9.78. The highest BCUT2D eigenvalue weighted by Gasteiger charge is 2.32. The molecule has 0 bridgehead atoms. The number of hydrogen-bond acceptors (Lipinski definition) is 3. The highest BCUT2D eigenvalue weighted by atomic mass is 16.7. The predicted molar refractivity (Wildman–Crippen MR) is 61.4 cm³/mol. The lowest BCUT2D eigenvalue weighted by atomic mass is 9.96. The molecule has 0 aromatic heterocycles. The number of nitrogens with one attached hydrogen (secondary N) is 1. The van der Waals surface area contributed by atoms with E-state index in [4.69, 9.17) is 10.6 Å². The van der Waals surface area contributed by atoms with Crippen molar-refractivity contribution < 1.29 is 9.63 Å². The number of hydrogen-bond donors (Lipinski definition) is 2. The van der Waals surface area contributed by atoms with Crippen molar-refractivity contribution in [2.45, 2.75) is 51.0 Å². The van der Waals surface area contributed by atoms with Crippen LogP contribution in [-0.4, -0.2) is 18.6 Å². The molecule has 1 amide bonds. The molecule has 16 heavy (non-hydrogen) atoms. The number of carbonyl (C=O) groups excluding carboxylic acids is 1. The number of amides is 1. The summed E-state index contributed by atoms with van der Waals surface area (Å²) < 4.78 is 0. The molecule has 2 aliphatic rings. The number of rotatable bonds is 4. The van der Waals surface area contributed by atoms with Crippen LogP contribution >= 0.6 is 0 Å². The number of hydroxylamine groups is 1. The molecule has 4 heteroatoms. The topological polar surface area (TPSA) is 64.4 Å². The molecule has 4 nitrogen and oxygen atoms in total. The Morgan fingerprint density at radius 2 is 1.94 bits per heavy atom. The second-order valence-electron chi connectivity index (χ2n) is 5.02. The van der Waals surface area contributed by atoms with Gasteiger partial charge in [-0.1, -0.05) is 19.3 Å². The van der Waals surface area contributed by atoms with E-state index in [9.17, 15) is 4.79 Å². The van der Waals surface area contributed by atoms with Crippen LogP contribution < -0.4 is 11.2 Å². The minimum atomic E-state index is 0.0415. The maximum atomic E-state index is 11.9. The van der Waals surface area contributed by atoms with Crippen LogP contribution in [0.25, 0.3) is 0 Å². The van der Waals surface area contributed by atoms with Crippen LogP contribution in [0.15, 0.2) is 0 Å². The van der Waals surface area contributed by atoms with E-state index in [1.165, 1.54) is 12.8 Å². The average molecular weight is 226 g/mol. The highest BCUT2D eigenvalue weighted by Crippen LogP contribution is 2.31. The average Bonchev–Trinajstić information content (AvgIpc) is 2.96. The lowest BCUT2D eigenvalue weighted by Gasteiger charge is -2.18. The standard InChI is InChI=1S/C12H22N2O2/c13-8-9-4-3-7-11(9)12(15)14-16-10-5-1-2-6-10/h9-11H,1-8,13H2,(H,14,15). The molecule has 2 unspecified atom stereocenters. The van der Waals surface area contributed by atoms with E-state index in [-0.39, 0.29) is 17.9 Å². The zero-order valence-electron chi connectivity index (χ0n) is 9.78. The van der Waals surface area contributed by atoms with Gasteiger partial charge in [-0.25, -0.2) is 5.48 Å².